The van der Waals surface area contributed by atoms with Crippen LogP contribution in [0, 0.1) is 0 Å². The molecule has 2 heterocycles. The van der Waals surface area contributed by atoms with Gasteiger partial charge in [0.1, 0.15) is 5.03 Å². The highest BCUT2D eigenvalue weighted by Crippen LogP contribution is 2.24. The Hall–Kier alpha value is -2.67. The van der Waals surface area contributed by atoms with E-state index in [4.69, 9.17) is 5.11 Å². The van der Waals surface area contributed by atoms with Gasteiger partial charge in [-0.3, -0.25) is 4.79 Å². The van der Waals surface area contributed by atoms with Crippen LogP contribution in [0.2, 0.25) is 0 Å². The molecule has 0 amide bonds. The summed E-state index contributed by atoms with van der Waals surface area (Å²) in [7, 11) is 0. The van der Waals surface area contributed by atoms with Crippen LogP contribution in [0.25, 0.3) is 17.1 Å². The third-order valence-electron chi connectivity index (χ3n) is 3.48. The van der Waals surface area contributed by atoms with Gasteiger partial charge in [-0.25, -0.2) is 4.68 Å². The number of nitrogens with zero attached hydrogens (tertiary/aromatic N) is 4. The number of aliphatic carboxylic acids is 1. The normalized spacial score (nSPS) is 10.7. The lowest BCUT2D eigenvalue weighted by molar-refractivity contribution is -0.136. The Morgan fingerprint density at radius 3 is 2.58 bits per heavy atom. The minimum absolute atomic E-state index is 0.0440. The zero-order valence-corrected chi connectivity index (χ0v) is 13.9. The average Bonchev–Trinajstić information content (AvgIpc) is 3.05. The van der Waals surface area contributed by atoms with Crippen molar-refractivity contribution in [1.29, 1.82) is 0 Å². The van der Waals surface area contributed by atoms with Crippen LogP contribution in [-0.4, -0.2) is 37.3 Å². The Balaban J connectivity index is 2.03. The van der Waals surface area contributed by atoms with Gasteiger partial charge in [-0.2, -0.15) is 5.10 Å². The van der Waals surface area contributed by atoms with Crippen LogP contribution in [0.15, 0.2) is 53.6 Å². The summed E-state index contributed by atoms with van der Waals surface area (Å²) in [6, 6.07) is 15.5. The van der Waals surface area contributed by atoms with Gasteiger partial charge in [-0.15, -0.1) is 22.0 Å². The van der Waals surface area contributed by atoms with Crippen molar-refractivity contribution in [2.24, 2.45) is 0 Å². The fourth-order valence-electron chi connectivity index (χ4n) is 2.31. The van der Waals surface area contributed by atoms with Crippen LogP contribution in [0.4, 0.5) is 0 Å². The fraction of sp³-hybridized carbons (Fsp3) is 0.176. The summed E-state index contributed by atoms with van der Waals surface area (Å²) < 4.78 is 1.71. The van der Waals surface area contributed by atoms with E-state index in [1.807, 2.05) is 54.8 Å². The van der Waals surface area contributed by atoms with Crippen LogP contribution in [0.1, 0.15) is 12.1 Å². The molecule has 3 rings (SSSR count). The highest BCUT2D eigenvalue weighted by molar-refractivity contribution is 7.98. The standard InChI is InChI=1S/C17H16N4O2S/c1-24-16-9-8-15(18-19-16)21-14(12-5-3-2-4-6-12)11-13(20-21)7-10-17(22)23/h2-6,8-9,11H,7,10H2,1H3,(H,22,23). The van der Waals surface area contributed by atoms with Gasteiger partial charge in [-0.1, -0.05) is 30.3 Å². The second-order valence-electron chi connectivity index (χ2n) is 5.13. The number of thioether (sulfide) groups is 1. The van der Waals surface area contributed by atoms with Gasteiger partial charge in [0, 0.05) is 12.0 Å². The van der Waals surface area contributed by atoms with E-state index in [9.17, 15) is 4.79 Å². The molecule has 122 valence electrons. The Labute approximate surface area is 143 Å². The SMILES string of the molecule is CSc1ccc(-n2nc(CCC(=O)O)cc2-c2ccccc2)nn1. The molecule has 0 unspecified atom stereocenters. The number of benzene rings is 1. The van der Waals surface area contributed by atoms with Crippen molar-refractivity contribution in [2.45, 2.75) is 17.9 Å². The number of hydrogen-bond donors (Lipinski definition) is 1. The van der Waals surface area contributed by atoms with Crippen molar-refractivity contribution >= 4 is 17.7 Å². The Kier molecular flexibility index (Phi) is 4.90. The van der Waals surface area contributed by atoms with Gasteiger partial charge < -0.3 is 5.11 Å². The molecular weight excluding hydrogens is 324 g/mol. The number of carboxylic acids is 1. The number of carbonyl (C=O) groups is 1. The quantitative estimate of drug-likeness (QED) is 0.695. The van der Waals surface area contributed by atoms with E-state index in [-0.39, 0.29) is 6.42 Å². The molecule has 0 fully saturated rings. The summed E-state index contributed by atoms with van der Waals surface area (Å²) in [5.41, 5.74) is 2.57. The highest BCUT2D eigenvalue weighted by atomic mass is 32.2. The van der Waals surface area contributed by atoms with Gasteiger partial charge in [0.05, 0.1) is 17.8 Å². The molecule has 0 saturated heterocycles. The molecule has 0 aliphatic carbocycles. The lowest BCUT2D eigenvalue weighted by atomic mass is 10.1. The molecule has 6 nitrogen and oxygen atoms in total. The molecule has 0 radical (unpaired) electrons. The van der Waals surface area contributed by atoms with E-state index in [0.29, 0.717) is 17.9 Å². The molecule has 0 aliphatic rings. The van der Waals surface area contributed by atoms with E-state index in [1.165, 1.54) is 11.8 Å². The highest BCUT2D eigenvalue weighted by Gasteiger charge is 2.14. The number of hydrogen-bond acceptors (Lipinski definition) is 5. The smallest absolute Gasteiger partial charge is 0.303 e. The maximum absolute atomic E-state index is 10.8. The van der Waals surface area contributed by atoms with Crippen molar-refractivity contribution in [3.05, 3.63) is 54.2 Å². The van der Waals surface area contributed by atoms with Crippen molar-refractivity contribution in [3.8, 4) is 17.1 Å². The molecule has 0 aliphatic heterocycles. The second kappa shape index (κ2) is 7.27. The minimum atomic E-state index is -0.838. The predicted octanol–water partition coefficient (Wildman–Crippen LogP) is 3.07. The molecule has 0 spiro atoms. The lowest BCUT2D eigenvalue weighted by Gasteiger charge is -2.06. The number of rotatable bonds is 6. The first-order chi connectivity index (χ1) is 11.7. The van der Waals surface area contributed by atoms with Crippen LogP contribution in [0.3, 0.4) is 0 Å². The first-order valence-corrected chi connectivity index (χ1v) is 8.64. The molecule has 0 atom stereocenters. The third kappa shape index (κ3) is 3.62. The third-order valence-corrected chi connectivity index (χ3v) is 4.11. The van der Waals surface area contributed by atoms with Crippen LogP contribution < -0.4 is 0 Å². The molecule has 0 bridgehead atoms. The Morgan fingerprint density at radius 2 is 1.96 bits per heavy atom. The zero-order valence-electron chi connectivity index (χ0n) is 13.1. The molecule has 1 N–H and O–H groups in total. The van der Waals surface area contributed by atoms with E-state index in [2.05, 4.69) is 15.3 Å². The lowest BCUT2D eigenvalue weighted by Crippen LogP contribution is -2.04. The summed E-state index contributed by atoms with van der Waals surface area (Å²) in [6.07, 6.45) is 2.36. The van der Waals surface area contributed by atoms with Crippen molar-refractivity contribution in [2.75, 3.05) is 6.26 Å². The van der Waals surface area contributed by atoms with E-state index >= 15 is 0 Å². The summed E-state index contributed by atoms with van der Waals surface area (Å²) in [5, 5.41) is 22.6. The number of aryl methyl sites for hydroxylation is 1. The van der Waals surface area contributed by atoms with Crippen molar-refractivity contribution in [3.63, 3.8) is 0 Å². The van der Waals surface area contributed by atoms with Crippen LogP contribution >= 0.6 is 11.8 Å². The maximum atomic E-state index is 10.8. The molecule has 2 aromatic heterocycles. The summed E-state index contributed by atoms with van der Waals surface area (Å²) in [5.74, 6) is -0.233. The van der Waals surface area contributed by atoms with E-state index < -0.39 is 5.97 Å². The topological polar surface area (TPSA) is 80.9 Å². The largest absolute Gasteiger partial charge is 0.481 e. The monoisotopic (exact) mass is 340 g/mol. The number of aromatic nitrogens is 4. The Morgan fingerprint density at radius 1 is 1.17 bits per heavy atom. The summed E-state index contributed by atoms with van der Waals surface area (Å²) >= 11 is 1.52. The van der Waals surface area contributed by atoms with E-state index in [1.54, 1.807) is 4.68 Å². The van der Waals surface area contributed by atoms with Gasteiger partial charge in [0.15, 0.2) is 5.82 Å². The summed E-state index contributed by atoms with van der Waals surface area (Å²) in [6.45, 7) is 0. The number of carboxylic acid groups (broad SMARTS) is 1. The van der Waals surface area contributed by atoms with Crippen molar-refractivity contribution in [1.82, 2.24) is 20.0 Å². The molecular formula is C17H16N4O2S. The fourth-order valence-corrected chi connectivity index (χ4v) is 2.64. The zero-order chi connectivity index (χ0) is 16.9. The molecule has 7 heteroatoms. The van der Waals surface area contributed by atoms with Crippen LogP contribution in [0.5, 0.6) is 0 Å². The van der Waals surface area contributed by atoms with Gasteiger partial charge in [-0.05, 0) is 24.5 Å². The van der Waals surface area contributed by atoms with Gasteiger partial charge >= 0.3 is 5.97 Å². The Bertz CT molecular complexity index is 832. The molecule has 24 heavy (non-hydrogen) atoms. The first kappa shape index (κ1) is 16.2. The maximum Gasteiger partial charge on any atom is 0.303 e. The molecule has 3 aromatic rings. The molecule has 0 saturated carbocycles. The van der Waals surface area contributed by atoms with Crippen LogP contribution in [-0.2, 0) is 11.2 Å². The predicted molar refractivity (Wildman–Crippen MR) is 92.3 cm³/mol. The minimum Gasteiger partial charge on any atom is -0.481 e. The summed E-state index contributed by atoms with van der Waals surface area (Å²) in [4.78, 5) is 10.8. The average molecular weight is 340 g/mol. The second-order valence-corrected chi connectivity index (χ2v) is 5.95. The van der Waals surface area contributed by atoms with Crippen molar-refractivity contribution < 1.29 is 9.90 Å². The van der Waals surface area contributed by atoms with E-state index in [0.717, 1.165) is 16.3 Å². The molecule has 1 aromatic carbocycles. The van der Waals surface area contributed by atoms with Gasteiger partial charge in [0.25, 0.3) is 0 Å². The van der Waals surface area contributed by atoms with Gasteiger partial charge in [0.2, 0.25) is 0 Å². The first-order valence-electron chi connectivity index (χ1n) is 7.41.